The van der Waals surface area contributed by atoms with E-state index in [9.17, 15) is 4.55 Å². The molecule has 7 nitrogen and oxygen atoms in total. The number of hydrogen-bond acceptors (Lipinski definition) is 6. The molecule has 0 unspecified atom stereocenters. The van der Waals surface area contributed by atoms with Crippen LogP contribution in [-0.2, 0) is 17.8 Å². The van der Waals surface area contributed by atoms with Gasteiger partial charge in [0.15, 0.2) is 5.65 Å². The highest BCUT2D eigenvalue weighted by Gasteiger charge is 2.50. The molecule has 0 radical (unpaired) electrons. The fourth-order valence-corrected chi connectivity index (χ4v) is 6.34. The Labute approximate surface area is 199 Å². The lowest BCUT2D eigenvalue weighted by Gasteiger charge is -2.44. The van der Waals surface area contributed by atoms with E-state index in [-0.39, 0.29) is 16.2 Å². The molecule has 2 atom stereocenters. The molecular weight excluding hydrogens is 523 g/mol. The molecule has 0 amide bonds. The van der Waals surface area contributed by atoms with Gasteiger partial charge in [0.25, 0.3) is 0 Å². The van der Waals surface area contributed by atoms with Crippen LogP contribution in [0.15, 0.2) is 36.8 Å². The van der Waals surface area contributed by atoms with Gasteiger partial charge in [-0.05, 0) is 73.8 Å². The van der Waals surface area contributed by atoms with Gasteiger partial charge in [-0.2, -0.15) is 0 Å². The van der Waals surface area contributed by atoms with Crippen molar-refractivity contribution in [2.45, 2.75) is 50.8 Å². The summed E-state index contributed by atoms with van der Waals surface area (Å²) in [7, 11) is 0. The number of nitrogens with zero attached hydrogens (tertiary/aromatic N) is 5. The van der Waals surface area contributed by atoms with Gasteiger partial charge in [0.1, 0.15) is 11.1 Å². The number of benzene rings is 1. The van der Waals surface area contributed by atoms with Crippen LogP contribution in [0.1, 0.15) is 50.8 Å². The Morgan fingerprint density at radius 2 is 1.97 bits per heavy atom. The van der Waals surface area contributed by atoms with E-state index in [4.69, 9.17) is 4.98 Å². The molecule has 5 rings (SSSR count). The van der Waals surface area contributed by atoms with Crippen LogP contribution in [-0.4, -0.2) is 42.0 Å². The van der Waals surface area contributed by atoms with E-state index in [2.05, 4.69) is 66.7 Å². The Morgan fingerprint density at radius 3 is 2.71 bits per heavy atom. The van der Waals surface area contributed by atoms with Gasteiger partial charge in [-0.1, -0.05) is 24.3 Å². The molecule has 31 heavy (non-hydrogen) atoms. The van der Waals surface area contributed by atoms with Crippen LogP contribution in [0, 0.1) is 8.99 Å². The highest BCUT2D eigenvalue weighted by molar-refractivity contribution is 14.1. The van der Waals surface area contributed by atoms with E-state index < -0.39 is 11.4 Å². The maximum absolute atomic E-state index is 13.1. The average molecular weight is 550 g/mol. The van der Waals surface area contributed by atoms with Crippen molar-refractivity contribution >= 4 is 45.5 Å². The maximum Gasteiger partial charge on any atom is 0.212 e. The van der Waals surface area contributed by atoms with E-state index in [1.54, 1.807) is 6.33 Å². The Hall–Kier alpha value is -1.43. The fourth-order valence-electron chi connectivity index (χ4n) is 4.89. The maximum atomic E-state index is 13.1. The standard InChI is InChI=1S/C22H27IN6OS/c1-21(2,3)31(30)27-18-16-7-5-4-6-15(16)12-22(18)8-10-28(11-9-22)20-24-13-17(23)19-26-25-14-29(19)20/h4-7,13-14,18,27H,8-12H2,1-3H3/t18-,31-/m1/s1. The van der Waals surface area contributed by atoms with Crippen LogP contribution in [0.25, 0.3) is 5.65 Å². The lowest BCUT2D eigenvalue weighted by Crippen LogP contribution is -2.50. The van der Waals surface area contributed by atoms with Crippen molar-refractivity contribution in [3.63, 3.8) is 0 Å². The molecule has 1 aliphatic carbocycles. The zero-order valence-corrected chi connectivity index (χ0v) is 21.0. The van der Waals surface area contributed by atoms with Gasteiger partial charge in [-0.3, -0.25) is 4.40 Å². The van der Waals surface area contributed by atoms with Gasteiger partial charge in [0.2, 0.25) is 5.95 Å². The predicted molar refractivity (Wildman–Crippen MR) is 131 cm³/mol. The first-order chi connectivity index (χ1) is 14.8. The summed E-state index contributed by atoms with van der Waals surface area (Å²) in [4.78, 5) is 7.03. The van der Waals surface area contributed by atoms with E-state index in [1.165, 1.54) is 11.1 Å². The SMILES string of the molecule is CC(C)(C)[S@@+]([O-])N[C@@H]1c2ccccc2CC12CCN(c1ncc(I)c3nncn13)CC2. The van der Waals surface area contributed by atoms with Crippen LogP contribution >= 0.6 is 22.6 Å². The monoisotopic (exact) mass is 550 g/mol. The number of fused-ring (bicyclic) bond motifs is 2. The third-order valence-corrected chi connectivity index (χ3v) is 8.94. The Balaban J connectivity index is 1.42. The third kappa shape index (κ3) is 3.73. The minimum Gasteiger partial charge on any atom is -0.598 e. The van der Waals surface area contributed by atoms with Crippen molar-refractivity contribution in [1.82, 2.24) is 24.3 Å². The van der Waals surface area contributed by atoms with Crippen molar-refractivity contribution < 1.29 is 4.55 Å². The molecule has 1 saturated heterocycles. The zero-order valence-electron chi connectivity index (χ0n) is 18.0. The van der Waals surface area contributed by atoms with Crippen LogP contribution < -0.4 is 9.62 Å². The van der Waals surface area contributed by atoms with Crippen LogP contribution in [0.3, 0.4) is 0 Å². The number of nitrogens with one attached hydrogen (secondary N) is 1. The van der Waals surface area contributed by atoms with Crippen molar-refractivity contribution in [3.8, 4) is 0 Å². The molecule has 1 aliphatic heterocycles. The predicted octanol–water partition coefficient (Wildman–Crippen LogP) is 3.66. The van der Waals surface area contributed by atoms with Crippen molar-refractivity contribution in [2.75, 3.05) is 18.0 Å². The molecule has 0 bridgehead atoms. The molecule has 3 heterocycles. The van der Waals surface area contributed by atoms with E-state index in [0.717, 1.165) is 47.5 Å². The van der Waals surface area contributed by atoms with Crippen LogP contribution in [0.4, 0.5) is 5.95 Å². The number of anilines is 1. The molecule has 1 aromatic carbocycles. The minimum absolute atomic E-state index is 0.0661. The summed E-state index contributed by atoms with van der Waals surface area (Å²) in [5, 5.41) is 8.32. The molecule has 1 fully saturated rings. The molecule has 9 heteroatoms. The van der Waals surface area contributed by atoms with Crippen molar-refractivity contribution in [2.24, 2.45) is 5.41 Å². The number of halogens is 1. The highest BCUT2D eigenvalue weighted by atomic mass is 127. The quantitative estimate of drug-likeness (QED) is 0.396. The number of aromatic nitrogens is 4. The first kappa shape index (κ1) is 21.4. The van der Waals surface area contributed by atoms with E-state index >= 15 is 0 Å². The molecule has 1 N–H and O–H groups in total. The molecule has 1 spiro atoms. The lowest BCUT2D eigenvalue weighted by molar-refractivity contribution is 0.175. The van der Waals surface area contributed by atoms with Gasteiger partial charge in [0, 0.05) is 36.1 Å². The average Bonchev–Trinajstić information content (AvgIpc) is 3.33. The summed E-state index contributed by atoms with van der Waals surface area (Å²) >= 11 is 1.13. The highest BCUT2D eigenvalue weighted by Crippen LogP contribution is 2.52. The number of piperidine rings is 1. The summed E-state index contributed by atoms with van der Waals surface area (Å²) in [6.07, 6.45) is 6.66. The largest absolute Gasteiger partial charge is 0.598 e. The van der Waals surface area contributed by atoms with Gasteiger partial charge in [-0.15, -0.1) is 14.9 Å². The van der Waals surface area contributed by atoms with Crippen LogP contribution in [0.2, 0.25) is 0 Å². The third-order valence-electron chi connectivity index (χ3n) is 6.61. The summed E-state index contributed by atoms with van der Waals surface area (Å²) < 4.78 is 19.3. The van der Waals surface area contributed by atoms with Crippen LogP contribution in [0.5, 0.6) is 0 Å². The Morgan fingerprint density at radius 1 is 1.23 bits per heavy atom. The second kappa shape index (κ2) is 7.86. The number of rotatable bonds is 3. The summed E-state index contributed by atoms with van der Waals surface area (Å²) in [6, 6.07) is 8.75. The molecule has 2 aliphatic rings. The van der Waals surface area contributed by atoms with Crippen molar-refractivity contribution in [1.29, 1.82) is 0 Å². The van der Waals surface area contributed by atoms with Gasteiger partial charge >= 0.3 is 0 Å². The lowest BCUT2D eigenvalue weighted by atomic mass is 9.73. The van der Waals surface area contributed by atoms with Gasteiger partial charge < -0.3 is 9.45 Å². The molecule has 3 aromatic rings. The second-order valence-corrected chi connectivity index (χ2v) is 12.7. The van der Waals surface area contributed by atoms with Gasteiger partial charge in [-0.25, -0.2) is 4.98 Å². The van der Waals surface area contributed by atoms with E-state index in [1.807, 2.05) is 31.4 Å². The summed E-state index contributed by atoms with van der Waals surface area (Å²) in [5.74, 6) is 0.897. The summed E-state index contributed by atoms with van der Waals surface area (Å²) in [5.41, 5.74) is 3.60. The molecule has 164 valence electrons. The Bertz CT molecular complexity index is 1100. The Kier molecular flexibility index (Phi) is 5.43. The topological polar surface area (TPSA) is 81.4 Å². The minimum atomic E-state index is -1.12. The first-order valence-corrected chi connectivity index (χ1v) is 12.9. The summed E-state index contributed by atoms with van der Waals surface area (Å²) in [6.45, 7) is 7.88. The normalized spacial score (nSPS) is 21.6. The van der Waals surface area contributed by atoms with E-state index in [0.29, 0.717) is 0 Å². The smallest absolute Gasteiger partial charge is 0.212 e. The second-order valence-electron chi connectivity index (χ2n) is 9.59. The zero-order chi connectivity index (χ0) is 21.8. The molecular formula is C22H27IN6OS. The molecule has 0 saturated carbocycles. The molecule has 2 aromatic heterocycles. The first-order valence-electron chi connectivity index (χ1n) is 10.6. The number of hydrogen-bond donors (Lipinski definition) is 1. The van der Waals surface area contributed by atoms with Gasteiger partial charge in [0.05, 0.1) is 9.61 Å². The fraction of sp³-hybridized carbons (Fsp3) is 0.500. The van der Waals surface area contributed by atoms with Crippen molar-refractivity contribution in [3.05, 3.63) is 51.5 Å².